The molecule has 1 N–H and O–H groups in total. The van der Waals surface area contributed by atoms with E-state index < -0.39 is 22.8 Å². The van der Waals surface area contributed by atoms with Gasteiger partial charge in [-0.1, -0.05) is 41.9 Å². The highest BCUT2D eigenvalue weighted by atomic mass is 35.5. The average Bonchev–Trinajstić information content (AvgIpc) is 3.47. The topological polar surface area (TPSA) is 69.7 Å². The molecule has 0 saturated carbocycles. The molecule has 0 aliphatic carbocycles. The van der Waals surface area contributed by atoms with Gasteiger partial charge in [0.15, 0.2) is 0 Å². The number of rotatable bonds is 2. The van der Waals surface area contributed by atoms with Crippen molar-refractivity contribution in [1.29, 1.82) is 0 Å². The standard InChI is InChI=1S/C26H24ClN3O3/c1-4-25-20(22(31)30(24(25)33)18-11-10-14(2)13-17(18)27)19-9-6-12-29(19)26(25)16-8-5-7-15(3)21(16)28-23(26)32/h4-5,7-8,10-11,13,19-20H,1,6,9,12H2,2-3H3,(H,28,32). The van der Waals surface area contributed by atoms with Crippen molar-refractivity contribution < 1.29 is 14.4 Å². The van der Waals surface area contributed by atoms with Crippen LogP contribution in [-0.2, 0) is 19.9 Å². The summed E-state index contributed by atoms with van der Waals surface area (Å²) in [4.78, 5) is 45.7. The predicted octanol–water partition coefficient (Wildman–Crippen LogP) is 3.94. The molecule has 3 saturated heterocycles. The fourth-order valence-electron chi connectivity index (χ4n) is 6.93. The zero-order valence-corrected chi connectivity index (χ0v) is 19.3. The summed E-state index contributed by atoms with van der Waals surface area (Å²) in [5.74, 6) is -1.72. The smallest absolute Gasteiger partial charge is 0.251 e. The molecule has 33 heavy (non-hydrogen) atoms. The molecule has 2 aromatic rings. The number of halogens is 1. The Kier molecular flexibility index (Phi) is 4.10. The summed E-state index contributed by atoms with van der Waals surface area (Å²) in [6.45, 7) is 8.54. The average molecular weight is 462 g/mol. The highest BCUT2D eigenvalue weighted by molar-refractivity contribution is 6.37. The molecule has 3 fully saturated rings. The lowest BCUT2D eigenvalue weighted by atomic mass is 9.62. The summed E-state index contributed by atoms with van der Waals surface area (Å²) in [5, 5.41) is 3.39. The lowest BCUT2D eigenvalue weighted by Crippen LogP contribution is -2.59. The van der Waals surface area contributed by atoms with Gasteiger partial charge in [0.2, 0.25) is 11.8 Å². The van der Waals surface area contributed by atoms with Crippen molar-refractivity contribution >= 4 is 40.7 Å². The first-order chi connectivity index (χ1) is 15.8. The molecule has 0 aromatic heterocycles. The Morgan fingerprint density at radius 2 is 1.97 bits per heavy atom. The van der Waals surface area contributed by atoms with Gasteiger partial charge in [0.1, 0.15) is 11.0 Å². The maximum atomic E-state index is 14.4. The zero-order valence-electron chi connectivity index (χ0n) is 18.5. The number of carbonyl (C=O) groups is 3. The van der Waals surface area contributed by atoms with Crippen LogP contribution < -0.4 is 10.2 Å². The van der Waals surface area contributed by atoms with Crippen molar-refractivity contribution in [2.24, 2.45) is 11.3 Å². The van der Waals surface area contributed by atoms with Crippen LogP contribution in [0.15, 0.2) is 49.1 Å². The van der Waals surface area contributed by atoms with Gasteiger partial charge in [-0.2, -0.15) is 0 Å². The number of anilines is 2. The molecule has 1 spiro atoms. The van der Waals surface area contributed by atoms with Gasteiger partial charge < -0.3 is 5.32 Å². The zero-order chi connectivity index (χ0) is 23.3. The number of imide groups is 1. The number of fused-ring (bicyclic) bond motifs is 7. The molecule has 4 aliphatic heterocycles. The maximum absolute atomic E-state index is 14.4. The van der Waals surface area contributed by atoms with Crippen LogP contribution in [0, 0.1) is 25.2 Å². The highest BCUT2D eigenvalue weighted by Crippen LogP contribution is 2.68. The molecule has 6 nitrogen and oxygen atoms in total. The van der Waals surface area contributed by atoms with Gasteiger partial charge >= 0.3 is 0 Å². The normalized spacial score (nSPS) is 32.3. The van der Waals surface area contributed by atoms with Crippen molar-refractivity contribution in [1.82, 2.24) is 4.90 Å². The summed E-state index contributed by atoms with van der Waals surface area (Å²) >= 11 is 6.52. The van der Waals surface area contributed by atoms with Gasteiger partial charge in [0, 0.05) is 17.3 Å². The van der Waals surface area contributed by atoms with Gasteiger partial charge in [-0.05, 0) is 56.5 Å². The summed E-state index contributed by atoms with van der Waals surface area (Å²) in [5.41, 5.74) is 0.941. The Labute approximate surface area is 197 Å². The van der Waals surface area contributed by atoms with Crippen molar-refractivity contribution in [3.05, 3.63) is 70.8 Å². The first-order valence-corrected chi connectivity index (χ1v) is 11.6. The van der Waals surface area contributed by atoms with Gasteiger partial charge in [-0.15, -0.1) is 6.58 Å². The molecule has 4 atom stereocenters. The maximum Gasteiger partial charge on any atom is 0.251 e. The Morgan fingerprint density at radius 1 is 1.18 bits per heavy atom. The van der Waals surface area contributed by atoms with Crippen molar-refractivity contribution in [3.63, 3.8) is 0 Å². The van der Waals surface area contributed by atoms with E-state index in [-0.39, 0.29) is 17.9 Å². The SMILES string of the molecule is C=CC12C(=O)N(c3ccc(C)cc3Cl)C(=O)C1C1CCCN1C21C(=O)Nc2c(C)cccc21. The molecule has 6 rings (SSSR count). The number of amides is 3. The van der Waals surface area contributed by atoms with Crippen LogP contribution in [0.4, 0.5) is 11.4 Å². The van der Waals surface area contributed by atoms with Crippen LogP contribution >= 0.6 is 11.6 Å². The fourth-order valence-corrected chi connectivity index (χ4v) is 7.25. The molecule has 4 unspecified atom stereocenters. The summed E-state index contributed by atoms with van der Waals surface area (Å²) in [6.07, 6.45) is 3.16. The second-order valence-corrected chi connectivity index (χ2v) is 9.96. The number of benzene rings is 2. The minimum Gasteiger partial charge on any atom is -0.324 e. The van der Waals surface area contributed by atoms with E-state index in [9.17, 15) is 14.4 Å². The largest absolute Gasteiger partial charge is 0.324 e. The fraction of sp³-hybridized carbons (Fsp3) is 0.346. The molecule has 2 aromatic carbocycles. The van der Waals surface area contributed by atoms with E-state index in [4.69, 9.17) is 11.6 Å². The van der Waals surface area contributed by atoms with Crippen LogP contribution in [0.2, 0.25) is 5.02 Å². The number of nitrogens with zero attached hydrogens (tertiary/aromatic N) is 2. The predicted molar refractivity (Wildman–Crippen MR) is 126 cm³/mol. The molecule has 4 heterocycles. The lowest BCUT2D eigenvalue weighted by molar-refractivity contribution is -0.140. The summed E-state index contributed by atoms with van der Waals surface area (Å²) in [7, 11) is 0. The van der Waals surface area contributed by atoms with E-state index in [1.54, 1.807) is 18.2 Å². The Morgan fingerprint density at radius 3 is 2.70 bits per heavy atom. The molecule has 4 aliphatic rings. The van der Waals surface area contributed by atoms with Crippen molar-refractivity contribution in [3.8, 4) is 0 Å². The van der Waals surface area contributed by atoms with Gasteiger partial charge in [0.25, 0.3) is 5.91 Å². The Balaban J connectivity index is 1.65. The Hall–Kier alpha value is -2.96. The molecule has 0 bridgehead atoms. The molecular formula is C26H24ClN3O3. The Bertz CT molecular complexity index is 1290. The van der Waals surface area contributed by atoms with E-state index in [1.165, 1.54) is 4.90 Å². The molecule has 0 radical (unpaired) electrons. The van der Waals surface area contributed by atoms with Gasteiger partial charge in [0.05, 0.1) is 16.6 Å². The third kappa shape index (κ3) is 2.12. The van der Waals surface area contributed by atoms with E-state index >= 15 is 0 Å². The van der Waals surface area contributed by atoms with Crippen LogP contribution in [0.3, 0.4) is 0 Å². The molecular weight excluding hydrogens is 438 g/mol. The van der Waals surface area contributed by atoms with E-state index in [1.807, 2.05) is 38.1 Å². The number of carbonyl (C=O) groups excluding carboxylic acids is 3. The number of para-hydroxylation sites is 1. The van der Waals surface area contributed by atoms with Crippen LogP contribution in [0.5, 0.6) is 0 Å². The molecule has 168 valence electrons. The number of nitrogens with one attached hydrogen (secondary N) is 1. The monoisotopic (exact) mass is 461 g/mol. The van der Waals surface area contributed by atoms with Crippen LogP contribution in [-0.4, -0.2) is 35.2 Å². The number of aryl methyl sites for hydroxylation is 2. The van der Waals surface area contributed by atoms with Crippen LogP contribution in [0.25, 0.3) is 0 Å². The quantitative estimate of drug-likeness (QED) is 0.543. The van der Waals surface area contributed by atoms with Crippen LogP contribution in [0.1, 0.15) is 29.5 Å². The van der Waals surface area contributed by atoms with Gasteiger partial charge in [-0.3, -0.25) is 19.3 Å². The number of hydrogen-bond donors (Lipinski definition) is 1. The molecule has 3 amide bonds. The molecule has 7 heteroatoms. The van der Waals surface area contributed by atoms with Gasteiger partial charge in [-0.25, -0.2) is 4.90 Å². The van der Waals surface area contributed by atoms with E-state index in [2.05, 4.69) is 16.8 Å². The van der Waals surface area contributed by atoms with E-state index in [0.29, 0.717) is 17.3 Å². The van der Waals surface area contributed by atoms with E-state index in [0.717, 1.165) is 35.2 Å². The number of hydrogen-bond acceptors (Lipinski definition) is 4. The second-order valence-electron chi connectivity index (χ2n) is 9.55. The third-order valence-electron chi connectivity index (χ3n) is 8.14. The first-order valence-electron chi connectivity index (χ1n) is 11.3. The third-order valence-corrected chi connectivity index (χ3v) is 8.45. The summed E-state index contributed by atoms with van der Waals surface area (Å²) in [6, 6.07) is 10.8. The second kappa shape index (κ2) is 6.55. The highest BCUT2D eigenvalue weighted by Gasteiger charge is 2.82. The van der Waals surface area contributed by atoms with Crippen molar-refractivity contribution in [2.45, 2.75) is 38.3 Å². The lowest BCUT2D eigenvalue weighted by Gasteiger charge is -2.42. The minimum absolute atomic E-state index is 0.231. The van der Waals surface area contributed by atoms with Crippen molar-refractivity contribution in [2.75, 3.05) is 16.8 Å². The first kappa shape index (κ1) is 20.6. The summed E-state index contributed by atoms with van der Waals surface area (Å²) < 4.78 is 0. The minimum atomic E-state index is -1.42.